The summed E-state index contributed by atoms with van der Waals surface area (Å²) < 4.78 is 18.3. The third kappa shape index (κ3) is 1.51. The van der Waals surface area contributed by atoms with Crippen LogP contribution >= 0.6 is 15.9 Å². The van der Waals surface area contributed by atoms with Crippen molar-refractivity contribution in [3.8, 4) is 5.75 Å². The molecule has 1 aliphatic heterocycles. The molecular formula is C8H5BrFNO2. The lowest BCUT2D eigenvalue weighted by atomic mass is 10.2. The van der Waals surface area contributed by atoms with Gasteiger partial charge >= 0.3 is 0 Å². The molecule has 0 saturated carbocycles. The molecule has 1 heterocycles. The van der Waals surface area contributed by atoms with Crippen molar-refractivity contribution in [1.82, 2.24) is 0 Å². The van der Waals surface area contributed by atoms with Crippen molar-refractivity contribution in [1.29, 1.82) is 0 Å². The SMILES string of the molecule is O=C1COc2cc(F)c(Br)cc2N1. The number of anilines is 1. The third-order valence-electron chi connectivity index (χ3n) is 1.66. The van der Waals surface area contributed by atoms with Gasteiger partial charge in [-0.25, -0.2) is 4.39 Å². The minimum Gasteiger partial charge on any atom is -0.481 e. The number of carbonyl (C=O) groups is 1. The van der Waals surface area contributed by atoms with Gasteiger partial charge in [-0.1, -0.05) is 0 Å². The second-order valence-electron chi connectivity index (χ2n) is 2.60. The minimum absolute atomic E-state index is 0.0614. The van der Waals surface area contributed by atoms with Crippen LogP contribution in [-0.2, 0) is 4.79 Å². The van der Waals surface area contributed by atoms with Gasteiger partial charge in [-0.15, -0.1) is 0 Å². The maximum absolute atomic E-state index is 13.0. The number of hydrogen-bond acceptors (Lipinski definition) is 2. The van der Waals surface area contributed by atoms with Crippen LogP contribution in [0.4, 0.5) is 10.1 Å². The average molecular weight is 246 g/mol. The van der Waals surface area contributed by atoms with Crippen LogP contribution in [0.25, 0.3) is 0 Å². The quantitative estimate of drug-likeness (QED) is 0.759. The average Bonchev–Trinajstić information content (AvgIpc) is 2.08. The maximum atomic E-state index is 13.0. The van der Waals surface area contributed by atoms with Gasteiger partial charge in [-0.05, 0) is 22.0 Å². The third-order valence-corrected chi connectivity index (χ3v) is 2.26. The molecular weight excluding hydrogens is 241 g/mol. The number of rotatable bonds is 0. The predicted octanol–water partition coefficient (Wildman–Crippen LogP) is 1.92. The molecule has 1 aromatic carbocycles. The molecule has 0 aliphatic carbocycles. The molecule has 1 amide bonds. The van der Waals surface area contributed by atoms with Crippen molar-refractivity contribution in [2.75, 3.05) is 11.9 Å². The van der Waals surface area contributed by atoms with E-state index in [0.29, 0.717) is 15.9 Å². The first-order chi connectivity index (χ1) is 6.16. The van der Waals surface area contributed by atoms with E-state index >= 15 is 0 Å². The number of ether oxygens (including phenoxy) is 1. The fourth-order valence-corrected chi connectivity index (χ4v) is 1.42. The summed E-state index contributed by atoms with van der Waals surface area (Å²) in [6.07, 6.45) is 0. The molecule has 68 valence electrons. The van der Waals surface area contributed by atoms with Gasteiger partial charge in [-0.3, -0.25) is 4.79 Å². The van der Waals surface area contributed by atoms with E-state index in [1.807, 2.05) is 0 Å². The van der Waals surface area contributed by atoms with Crippen molar-refractivity contribution in [2.45, 2.75) is 0 Å². The normalized spacial score (nSPS) is 14.5. The lowest BCUT2D eigenvalue weighted by Gasteiger charge is -2.17. The van der Waals surface area contributed by atoms with E-state index < -0.39 is 5.82 Å². The highest BCUT2D eigenvalue weighted by Crippen LogP contribution is 2.32. The Bertz CT molecular complexity index is 381. The van der Waals surface area contributed by atoms with Gasteiger partial charge in [0.2, 0.25) is 0 Å². The predicted molar refractivity (Wildman–Crippen MR) is 48.2 cm³/mol. The molecule has 0 unspecified atom stereocenters. The first-order valence-corrected chi connectivity index (χ1v) is 4.38. The van der Waals surface area contributed by atoms with Crippen LogP contribution in [-0.4, -0.2) is 12.5 Å². The standard InChI is InChI=1S/C8H5BrFNO2/c9-4-1-6-7(2-5(4)10)13-3-8(12)11-6/h1-2H,3H2,(H,11,12). The molecule has 0 spiro atoms. The number of amides is 1. The molecule has 0 saturated heterocycles. The zero-order valence-corrected chi connectivity index (χ0v) is 8.02. The summed E-state index contributed by atoms with van der Waals surface area (Å²) in [5.41, 5.74) is 0.490. The highest BCUT2D eigenvalue weighted by molar-refractivity contribution is 9.10. The van der Waals surface area contributed by atoms with Crippen molar-refractivity contribution in [3.63, 3.8) is 0 Å². The summed E-state index contributed by atoms with van der Waals surface area (Å²) in [5.74, 6) is -0.277. The minimum atomic E-state index is -0.408. The van der Waals surface area contributed by atoms with Crippen LogP contribution < -0.4 is 10.1 Å². The van der Waals surface area contributed by atoms with Crippen LogP contribution in [0.5, 0.6) is 5.75 Å². The van der Waals surface area contributed by atoms with Crippen molar-refractivity contribution >= 4 is 27.5 Å². The first kappa shape index (κ1) is 8.50. The lowest BCUT2D eigenvalue weighted by molar-refractivity contribution is -0.118. The number of nitrogens with one attached hydrogen (secondary N) is 1. The van der Waals surface area contributed by atoms with Gasteiger partial charge in [0.25, 0.3) is 5.91 Å². The zero-order chi connectivity index (χ0) is 9.42. The Hall–Kier alpha value is -1.10. The summed E-state index contributed by atoms with van der Waals surface area (Å²) in [6.45, 7) is -0.0614. The fourth-order valence-electron chi connectivity index (χ4n) is 1.08. The number of benzene rings is 1. The Morgan fingerprint density at radius 2 is 2.31 bits per heavy atom. The highest BCUT2D eigenvalue weighted by atomic mass is 79.9. The Balaban J connectivity index is 2.49. The molecule has 13 heavy (non-hydrogen) atoms. The van der Waals surface area contributed by atoms with Crippen LogP contribution in [0.3, 0.4) is 0 Å². The van der Waals surface area contributed by atoms with Crippen LogP contribution in [0, 0.1) is 5.82 Å². The molecule has 3 nitrogen and oxygen atoms in total. The summed E-state index contributed by atoms with van der Waals surface area (Å²) in [5, 5.41) is 2.57. The second-order valence-corrected chi connectivity index (χ2v) is 3.45. The van der Waals surface area contributed by atoms with E-state index in [-0.39, 0.29) is 12.5 Å². The Labute approximate surface area is 82.0 Å². The van der Waals surface area contributed by atoms with E-state index in [4.69, 9.17) is 4.74 Å². The molecule has 1 aromatic rings. The molecule has 1 N–H and O–H groups in total. The molecule has 0 bridgehead atoms. The van der Waals surface area contributed by atoms with E-state index in [0.717, 1.165) is 0 Å². The van der Waals surface area contributed by atoms with Crippen LogP contribution in [0.15, 0.2) is 16.6 Å². The van der Waals surface area contributed by atoms with E-state index in [1.165, 1.54) is 12.1 Å². The summed E-state index contributed by atoms with van der Waals surface area (Å²) in [4.78, 5) is 10.9. The molecule has 0 radical (unpaired) electrons. The molecule has 0 aromatic heterocycles. The number of carbonyl (C=O) groups excluding carboxylic acids is 1. The van der Waals surface area contributed by atoms with Crippen molar-refractivity contribution in [2.24, 2.45) is 0 Å². The van der Waals surface area contributed by atoms with Gasteiger partial charge in [-0.2, -0.15) is 0 Å². The van der Waals surface area contributed by atoms with E-state index in [9.17, 15) is 9.18 Å². The number of fused-ring (bicyclic) bond motifs is 1. The Morgan fingerprint density at radius 1 is 1.54 bits per heavy atom. The Kier molecular flexibility index (Phi) is 1.95. The smallest absolute Gasteiger partial charge is 0.262 e. The topological polar surface area (TPSA) is 38.3 Å². The monoisotopic (exact) mass is 245 g/mol. The number of halogens is 2. The van der Waals surface area contributed by atoms with Crippen LogP contribution in [0.2, 0.25) is 0 Å². The summed E-state index contributed by atoms with van der Waals surface area (Å²) in [6, 6.07) is 2.71. The van der Waals surface area contributed by atoms with E-state index in [1.54, 1.807) is 0 Å². The maximum Gasteiger partial charge on any atom is 0.262 e. The molecule has 1 aliphatic rings. The van der Waals surface area contributed by atoms with Gasteiger partial charge < -0.3 is 10.1 Å². The van der Waals surface area contributed by atoms with Gasteiger partial charge in [0.1, 0.15) is 11.6 Å². The molecule has 5 heteroatoms. The summed E-state index contributed by atoms with van der Waals surface area (Å²) >= 11 is 3.01. The van der Waals surface area contributed by atoms with Gasteiger partial charge in [0, 0.05) is 6.07 Å². The first-order valence-electron chi connectivity index (χ1n) is 3.58. The van der Waals surface area contributed by atoms with E-state index in [2.05, 4.69) is 21.2 Å². The highest BCUT2D eigenvalue weighted by Gasteiger charge is 2.17. The fraction of sp³-hybridized carbons (Fsp3) is 0.125. The van der Waals surface area contributed by atoms with Gasteiger partial charge in [0.05, 0.1) is 10.2 Å². The number of hydrogen-bond donors (Lipinski definition) is 1. The molecule has 0 atom stereocenters. The Morgan fingerprint density at radius 3 is 3.08 bits per heavy atom. The largest absolute Gasteiger partial charge is 0.481 e. The lowest BCUT2D eigenvalue weighted by Crippen LogP contribution is -2.25. The van der Waals surface area contributed by atoms with Gasteiger partial charge in [0.15, 0.2) is 6.61 Å². The second kappa shape index (κ2) is 2.99. The molecule has 0 fully saturated rings. The zero-order valence-electron chi connectivity index (χ0n) is 6.43. The van der Waals surface area contributed by atoms with Crippen molar-refractivity contribution in [3.05, 3.63) is 22.4 Å². The molecule has 2 rings (SSSR count). The van der Waals surface area contributed by atoms with Crippen molar-refractivity contribution < 1.29 is 13.9 Å². The van der Waals surface area contributed by atoms with Crippen LogP contribution in [0.1, 0.15) is 0 Å². The summed E-state index contributed by atoms with van der Waals surface area (Å²) in [7, 11) is 0.